The van der Waals surface area contributed by atoms with Crippen LogP contribution in [0, 0.1) is 0 Å². The molecule has 0 atom stereocenters. The van der Waals surface area contributed by atoms with Crippen LogP contribution in [0.15, 0.2) is 24.3 Å². The number of carbonyl (C=O) groups is 1. The molecule has 1 aromatic carbocycles. The van der Waals surface area contributed by atoms with Crippen molar-refractivity contribution in [3.8, 4) is 0 Å². The average molecular weight is 250 g/mol. The third-order valence-corrected chi connectivity index (χ3v) is 3.86. The van der Waals surface area contributed by atoms with Crippen LogP contribution in [0.2, 0.25) is 0 Å². The molecule has 1 heterocycles. The fourth-order valence-electron chi connectivity index (χ4n) is 1.85. The molecule has 1 aliphatic rings. The number of carbonyl (C=O) groups excluding carboxylic acids is 1. The molecule has 0 saturated carbocycles. The summed E-state index contributed by atoms with van der Waals surface area (Å²) in [6, 6.07) is 7.95. The molecule has 2 rings (SSSR count). The second-order valence-corrected chi connectivity index (χ2v) is 5.56. The highest BCUT2D eigenvalue weighted by atomic mass is 32.2. The largest absolute Gasteiger partial charge is 0.345 e. The Bertz CT molecular complexity index is 383. The Morgan fingerprint density at radius 1 is 1.35 bits per heavy atom. The number of rotatable bonds is 3. The number of hydrogen-bond donors (Lipinski definition) is 0. The lowest BCUT2D eigenvalue weighted by Crippen LogP contribution is -2.22. The van der Waals surface area contributed by atoms with Gasteiger partial charge in [-0.1, -0.05) is 12.1 Å². The predicted molar refractivity (Wildman–Crippen MR) is 72.2 cm³/mol. The van der Waals surface area contributed by atoms with Crippen molar-refractivity contribution in [1.29, 1.82) is 0 Å². The standard InChI is InChI=1S/C13H18N2OS/c1-14(2)13(16)12-5-3-11(4-6-12)9-15-7-8-17-10-15/h3-6H,7-10H2,1-2H3. The molecule has 0 spiro atoms. The molecule has 0 aromatic heterocycles. The summed E-state index contributed by atoms with van der Waals surface area (Å²) in [4.78, 5) is 15.7. The lowest BCUT2D eigenvalue weighted by Gasteiger charge is -2.14. The van der Waals surface area contributed by atoms with Crippen LogP contribution in [0.25, 0.3) is 0 Å². The molecule has 0 bridgehead atoms. The van der Waals surface area contributed by atoms with E-state index in [1.54, 1.807) is 19.0 Å². The Kier molecular flexibility index (Phi) is 4.07. The van der Waals surface area contributed by atoms with E-state index in [1.165, 1.54) is 17.9 Å². The van der Waals surface area contributed by atoms with Crippen molar-refractivity contribution in [3.05, 3.63) is 35.4 Å². The first-order valence-corrected chi connectivity index (χ1v) is 6.93. The molecule has 1 amide bonds. The zero-order valence-electron chi connectivity index (χ0n) is 10.3. The quantitative estimate of drug-likeness (QED) is 0.818. The molecule has 17 heavy (non-hydrogen) atoms. The van der Waals surface area contributed by atoms with Gasteiger partial charge in [-0.15, -0.1) is 11.8 Å². The highest BCUT2D eigenvalue weighted by Crippen LogP contribution is 2.17. The summed E-state index contributed by atoms with van der Waals surface area (Å²) in [5.41, 5.74) is 2.04. The Hall–Kier alpha value is -1.00. The molecule has 0 aliphatic carbocycles. The topological polar surface area (TPSA) is 23.6 Å². The molecule has 0 radical (unpaired) electrons. The fraction of sp³-hybridized carbons (Fsp3) is 0.462. The van der Waals surface area contributed by atoms with Gasteiger partial charge in [-0.3, -0.25) is 9.69 Å². The molecule has 4 heteroatoms. The van der Waals surface area contributed by atoms with E-state index >= 15 is 0 Å². The molecule has 92 valence electrons. The van der Waals surface area contributed by atoms with Crippen LogP contribution >= 0.6 is 11.8 Å². The number of nitrogens with zero attached hydrogens (tertiary/aromatic N) is 2. The lowest BCUT2D eigenvalue weighted by molar-refractivity contribution is 0.0827. The van der Waals surface area contributed by atoms with Crippen LogP contribution in [0.5, 0.6) is 0 Å². The van der Waals surface area contributed by atoms with Gasteiger partial charge in [-0.05, 0) is 17.7 Å². The van der Waals surface area contributed by atoms with Crippen molar-refractivity contribution in [2.45, 2.75) is 6.54 Å². The van der Waals surface area contributed by atoms with E-state index < -0.39 is 0 Å². The average Bonchev–Trinajstić information content (AvgIpc) is 2.82. The van der Waals surface area contributed by atoms with Gasteiger partial charge in [0, 0.05) is 44.4 Å². The van der Waals surface area contributed by atoms with Crippen molar-refractivity contribution < 1.29 is 4.79 Å². The first kappa shape index (κ1) is 12.5. The van der Waals surface area contributed by atoms with Crippen LogP contribution in [0.3, 0.4) is 0 Å². The Labute approximate surface area is 107 Å². The van der Waals surface area contributed by atoms with Gasteiger partial charge in [0.25, 0.3) is 5.91 Å². The zero-order valence-corrected chi connectivity index (χ0v) is 11.2. The second kappa shape index (κ2) is 5.56. The van der Waals surface area contributed by atoms with Gasteiger partial charge >= 0.3 is 0 Å². The van der Waals surface area contributed by atoms with Crippen molar-refractivity contribution >= 4 is 17.7 Å². The van der Waals surface area contributed by atoms with Crippen molar-refractivity contribution in [3.63, 3.8) is 0 Å². The van der Waals surface area contributed by atoms with E-state index in [2.05, 4.69) is 17.0 Å². The van der Waals surface area contributed by atoms with E-state index in [9.17, 15) is 4.79 Å². The van der Waals surface area contributed by atoms with Crippen LogP contribution in [-0.2, 0) is 6.54 Å². The lowest BCUT2D eigenvalue weighted by atomic mass is 10.1. The Balaban J connectivity index is 1.99. The third-order valence-electron chi connectivity index (χ3n) is 2.84. The molecule has 0 unspecified atom stereocenters. The maximum Gasteiger partial charge on any atom is 0.253 e. The zero-order chi connectivity index (χ0) is 12.3. The summed E-state index contributed by atoms with van der Waals surface area (Å²) in [7, 11) is 3.55. The molecular weight excluding hydrogens is 232 g/mol. The first-order chi connectivity index (χ1) is 8.16. The summed E-state index contributed by atoms with van der Waals surface area (Å²) in [6.07, 6.45) is 0. The minimum Gasteiger partial charge on any atom is -0.345 e. The fourth-order valence-corrected chi connectivity index (χ4v) is 2.84. The van der Waals surface area contributed by atoms with Gasteiger partial charge in [0.2, 0.25) is 0 Å². The number of hydrogen-bond acceptors (Lipinski definition) is 3. The van der Waals surface area contributed by atoms with Gasteiger partial charge in [0.05, 0.1) is 0 Å². The molecule has 0 N–H and O–H groups in total. The highest BCUT2D eigenvalue weighted by molar-refractivity contribution is 7.99. The van der Waals surface area contributed by atoms with Crippen LogP contribution in [-0.4, -0.2) is 48.0 Å². The highest BCUT2D eigenvalue weighted by Gasteiger charge is 2.12. The van der Waals surface area contributed by atoms with Gasteiger partial charge in [-0.2, -0.15) is 0 Å². The smallest absolute Gasteiger partial charge is 0.253 e. The SMILES string of the molecule is CN(C)C(=O)c1ccc(CN2CCSC2)cc1. The van der Waals surface area contributed by atoms with Gasteiger partial charge in [0.15, 0.2) is 0 Å². The number of amides is 1. The molecule has 3 nitrogen and oxygen atoms in total. The van der Waals surface area contributed by atoms with Crippen LogP contribution < -0.4 is 0 Å². The van der Waals surface area contributed by atoms with E-state index in [0.717, 1.165) is 18.0 Å². The van der Waals surface area contributed by atoms with E-state index in [4.69, 9.17) is 0 Å². The third kappa shape index (κ3) is 3.23. The molecule has 1 aromatic rings. The van der Waals surface area contributed by atoms with Gasteiger partial charge in [0.1, 0.15) is 0 Å². The number of benzene rings is 1. The number of thioether (sulfide) groups is 1. The van der Waals surface area contributed by atoms with Gasteiger partial charge in [-0.25, -0.2) is 0 Å². The molecular formula is C13H18N2OS. The van der Waals surface area contributed by atoms with Crippen molar-refractivity contribution in [2.24, 2.45) is 0 Å². The maximum atomic E-state index is 11.7. The van der Waals surface area contributed by atoms with E-state index in [0.29, 0.717) is 0 Å². The van der Waals surface area contributed by atoms with E-state index in [1.807, 2.05) is 23.9 Å². The summed E-state index contributed by atoms with van der Waals surface area (Å²) in [5, 5.41) is 0. The Morgan fingerprint density at radius 3 is 2.59 bits per heavy atom. The normalized spacial score (nSPS) is 16.1. The first-order valence-electron chi connectivity index (χ1n) is 5.77. The Morgan fingerprint density at radius 2 is 2.06 bits per heavy atom. The molecule has 1 fully saturated rings. The summed E-state index contributed by atoms with van der Waals surface area (Å²) >= 11 is 1.98. The maximum absolute atomic E-state index is 11.7. The van der Waals surface area contributed by atoms with E-state index in [-0.39, 0.29) is 5.91 Å². The summed E-state index contributed by atoms with van der Waals surface area (Å²) < 4.78 is 0. The van der Waals surface area contributed by atoms with Gasteiger partial charge < -0.3 is 4.90 Å². The van der Waals surface area contributed by atoms with Crippen molar-refractivity contribution in [1.82, 2.24) is 9.80 Å². The summed E-state index contributed by atoms with van der Waals surface area (Å²) in [6.45, 7) is 2.16. The minimum atomic E-state index is 0.0632. The second-order valence-electron chi connectivity index (χ2n) is 4.49. The predicted octanol–water partition coefficient (Wildman–Crippen LogP) is 1.89. The molecule has 1 saturated heterocycles. The minimum absolute atomic E-state index is 0.0632. The van der Waals surface area contributed by atoms with Crippen LogP contribution in [0.4, 0.5) is 0 Å². The van der Waals surface area contributed by atoms with Crippen LogP contribution in [0.1, 0.15) is 15.9 Å². The summed E-state index contributed by atoms with van der Waals surface area (Å²) in [5.74, 6) is 2.42. The van der Waals surface area contributed by atoms with Crippen molar-refractivity contribution in [2.75, 3.05) is 32.3 Å². The molecule has 1 aliphatic heterocycles. The monoisotopic (exact) mass is 250 g/mol.